The average molecular weight is 448 g/mol. The van der Waals surface area contributed by atoms with E-state index in [9.17, 15) is 0 Å². The van der Waals surface area contributed by atoms with Gasteiger partial charge in [0.25, 0.3) is 0 Å². The van der Waals surface area contributed by atoms with E-state index in [0.717, 1.165) is 47.3 Å². The zero-order valence-corrected chi connectivity index (χ0v) is 18.8. The second-order valence-electron chi connectivity index (χ2n) is 6.68. The Kier molecular flexibility index (Phi) is 9.81. The summed E-state index contributed by atoms with van der Waals surface area (Å²) in [4.78, 5) is 0. The molecular weight excluding hydrogens is 421 g/mol. The van der Waals surface area contributed by atoms with Gasteiger partial charge in [-0.15, -0.1) is 12.4 Å². The molecule has 0 bridgehead atoms. The molecule has 0 aliphatic carbocycles. The molecule has 0 saturated heterocycles. The van der Waals surface area contributed by atoms with Crippen LogP contribution in [0.3, 0.4) is 0 Å². The lowest BCUT2D eigenvalue weighted by Crippen LogP contribution is -2.16. The molecule has 0 heterocycles. The van der Waals surface area contributed by atoms with Crippen molar-refractivity contribution in [2.24, 2.45) is 0 Å². The maximum Gasteiger partial charge on any atom is 0.160 e. The molecule has 1 N–H and O–H groups in total. The van der Waals surface area contributed by atoms with Gasteiger partial charge in [-0.2, -0.15) is 0 Å². The molecule has 0 amide bonds. The van der Waals surface area contributed by atoms with E-state index in [1.54, 1.807) is 14.2 Å². The van der Waals surface area contributed by atoms with Crippen molar-refractivity contribution in [3.8, 4) is 17.2 Å². The van der Waals surface area contributed by atoms with Gasteiger partial charge in [0.05, 0.1) is 14.2 Å². The summed E-state index contributed by atoms with van der Waals surface area (Å²) in [6.07, 6.45) is 0.919. The van der Waals surface area contributed by atoms with Crippen molar-refractivity contribution < 1.29 is 14.2 Å². The van der Waals surface area contributed by atoms with E-state index >= 15 is 0 Å². The first-order chi connectivity index (χ1) is 14.2. The molecule has 3 rings (SSSR count). The minimum Gasteiger partial charge on any atom is -0.493 e. The Bertz CT molecular complexity index is 899. The summed E-state index contributed by atoms with van der Waals surface area (Å²) in [6, 6.07) is 21.9. The lowest BCUT2D eigenvalue weighted by molar-refractivity contribution is 0.306. The topological polar surface area (TPSA) is 39.7 Å². The van der Waals surface area contributed by atoms with Crippen molar-refractivity contribution in [3.05, 3.63) is 88.4 Å². The van der Waals surface area contributed by atoms with Gasteiger partial charge >= 0.3 is 0 Å². The quantitative estimate of drug-likeness (QED) is 0.405. The molecule has 0 radical (unpaired) electrons. The van der Waals surface area contributed by atoms with Gasteiger partial charge in [0, 0.05) is 11.6 Å². The van der Waals surface area contributed by atoms with Crippen molar-refractivity contribution in [2.45, 2.75) is 19.6 Å². The van der Waals surface area contributed by atoms with Gasteiger partial charge in [0.1, 0.15) is 12.4 Å². The van der Waals surface area contributed by atoms with Gasteiger partial charge in [-0.25, -0.2) is 0 Å². The highest BCUT2D eigenvalue weighted by molar-refractivity contribution is 6.30. The molecular formula is C24H27Cl2NO3. The van der Waals surface area contributed by atoms with Gasteiger partial charge in [-0.05, 0) is 66.1 Å². The molecule has 0 aliphatic heterocycles. The Morgan fingerprint density at radius 2 is 1.40 bits per heavy atom. The predicted molar refractivity (Wildman–Crippen MR) is 124 cm³/mol. The number of nitrogens with one attached hydrogen (secondary N) is 1. The number of rotatable bonds is 10. The fourth-order valence-electron chi connectivity index (χ4n) is 2.95. The van der Waals surface area contributed by atoms with Crippen LogP contribution < -0.4 is 19.5 Å². The number of hydrogen-bond donors (Lipinski definition) is 1. The lowest BCUT2D eigenvalue weighted by Gasteiger charge is -2.10. The molecule has 0 spiro atoms. The van der Waals surface area contributed by atoms with E-state index in [2.05, 4.69) is 23.5 Å². The molecule has 0 saturated carbocycles. The van der Waals surface area contributed by atoms with E-state index in [-0.39, 0.29) is 12.4 Å². The maximum atomic E-state index is 5.90. The summed E-state index contributed by atoms with van der Waals surface area (Å²) in [5.74, 6) is 2.37. The van der Waals surface area contributed by atoms with Gasteiger partial charge in [-0.3, -0.25) is 0 Å². The summed E-state index contributed by atoms with van der Waals surface area (Å²) in [5.41, 5.74) is 3.52. The van der Waals surface area contributed by atoms with Crippen LogP contribution >= 0.6 is 24.0 Å². The molecule has 160 valence electrons. The fourth-order valence-corrected chi connectivity index (χ4v) is 3.08. The molecule has 3 aromatic carbocycles. The lowest BCUT2D eigenvalue weighted by atomic mass is 10.1. The summed E-state index contributed by atoms with van der Waals surface area (Å²) in [6.45, 7) is 2.22. The summed E-state index contributed by atoms with van der Waals surface area (Å²) < 4.78 is 16.5. The zero-order chi connectivity index (χ0) is 20.5. The zero-order valence-electron chi connectivity index (χ0n) is 17.2. The van der Waals surface area contributed by atoms with Crippen LogP contribution in [-0.2, 0) is 19.6 Å². The van der Waals surface area contributed by atoms with E-state index in [1.165, 1.54) is 11.1 Å². The Labute approximate surface area is 189 Å². The van der Waals surface area contributed by atoms with Crippen LogP contribution in [0.2, 0.25) is 5.02 Å². The molecule has 6 heteroatoms. The predicted octanol–water partition coefficient (Wildman–Crippen LogP) is 5.69. The molecule has 0 fully saturated rings. The van der Waals surface area contributed by atoms with Crippen LogP contribution in [0.25, 0.3) is 0 Å². The van der Waals surface area contributed by atoms with Crippen molar-refractivity contribution >= 4 is 24.0 Å². The molecule has 3 aromatic rings. The Balaban J connectivity index is 0.00000320. The molecule has 30 heavy (non-hydrogen) atoms. The summed E-state index contributed by atoms with van der Waals surface area (Å²) in [7, 11) is 3.30. The highest BCUT2D eigenvalue weighted by Crippen LogP contribution is 2.27. The van der Waals surface area contributed by atoms with E-state index < -0.39 is 0 Å². The molecule has 4 nitrogen and oxygen atoms in total. The van der Waals surface area contributed by atoms with Crippen molar-refractivity contribution in [1.82, 2.24) is 5.32 Å². The smallest absolute Gasteiger partial charge is 0.160 e. The van der Waals surface area contributed by atoms with Crippen LogP contribution in [-0.4, -0.2) is 20.8 Å². The molecule has 0 aliphatic rings. The summed E-state index contributed by atoms with van der Waals surface area (Å²) in [5, 5.41) is 4.21. The van der Waals surface area contributed by atoms with Crippen LogP contribution in [0, 0.1) is 0 Å². The standard InChI is InChI=1S/C24H26ClNO3.ClH/c1-27-23-12-7-18(15-24(23)28-2)13-14-26-16-19-5-10-22(11-6-19)29-17-20-3-8-21(25)9-4-20;/h3-12,15,26H,13-14,16-17H2,1-2H3;1H. The largest absolute Gasteiger partial charge is 0.493 e. The third kappa shape index (κ3) is 7.13. The van der Waals surface area contributed by atoms with Crippen molar-refractivity contribution in [1.29, 1.82) is 0 Å². The monoisotopic (exact) mass is 447 g/mol. The fraction of sp³-hybridized carbons (Fsp3) is 0.250. The highest BCUT2D eigenvalue weighted by Gasteiger charge is 2.04. The normalized spacial score (nSPS) is 10.2. The van der Waals surface area contributed by atoms with Crippen LogP contribution in [0.1, 0.15) is 16.7 Å². The number of benzene rings is 3. The van der Waals surface area contributed by atoms with Gasteiger partial charge < -0.3 is 19.5 Å². The minimum atomic E-state index is 0. The number of hydrogen-bond acceptors (Lipinski definition) is 4. The Morgan fingerprint density at radius 3 is 2.07 bits per heavy atom. The minimum absolute atomic E-state index is 0. The van der Waals surface area contributed by atoms with Crippen LogP contribution in [0.4, 0.5) is 0 Å². The van der Waals surface area contributed by atoms with Gasteiger partial charge in [-0.1, -0.05) is 41.9 Å². The summed E-state index contributed by atoms with van der Waals surface area (Å²) >= 11 is 5.90. The number of ether oxygens (including phenoxy) is 3. The maximum absolute atomic E-state index is 5.90. The Hall–Kier alpha value is -2.40. The SMILES string of the molecule is COc1ccc(CCNCc2ccc(OCc3ccc(Cl)cc3)cc2)cc1OC.Cl. The molecule has 0 unspecified atom stereocenters. The third-order valence-corrected chi connectivity index (χ3v) is 4.86. The second-order valence-corrected chi connectivity index (χ2v) is 7.11. The third-order valence-electron chi connectivity index (χ3n) is 4.61. The van der Waals surface area contributed by atoms with E-state index in [0.29, 0.717) is 6.61 Å². The first-order valence-electron chi connectivity index (χ1n) is 9.56. The highest BCUT2D eigenvalue weighted by atomic mass is 35.5. The average Bonchev–Trinajstić information content (AvgIpc) is 2.77. The van der Waals surface area contributed by atoms with E-state index in [1.807, 2.05) is 48.5 Å². The second kappa shape index (κ2) is 12.3. The van der Waals surface area contributed by atoms with E-state index in [4.69, 9.17) is 25.8 Å². The van der Waals surface area contributed by atoms with Crippen LogP contribution in [0.5, 0.6) is 17.2 Å². The Morgan fingerprint density at radius 1 is 0.767 bits per heavy atom. The van der Waals surface area contributed by atoms with Crippen molar-refractivity contribution in [3.63, 3.8) is 0 Å². The van der Waals surface area contributed by atoms with Gasteiger partial charge in [0.2, 0.25) is 0 Å². The number of halogens is 2. The first kappa shape index (κ1) is 23.9. The first-order valence-corrected chi connectivity index (χ1v) is 9.93. The van der Waals surface area contributed by atoms with Crippen molar-refractivity contribution in [2.75, 3.05) is 20.8 Å². The van der Waals surface area contributed by atoms with Crippen LogP contribution in [0.15, 0.2) is 66.7 Å². The number of methoxy groups -OCH3 is 2. The molecule has 0 aromatic heterocycles. The van der Waals surface area contributed by atoms with Gasteiger partial charge in [0.15, 0.2) is 11.5 Å². The molecule has 0 atom stereocenters.